The normalized spacial score (nSPS) is 24.8. The van der Waals surface area contributed by atoms with Gasteiger partial charge in [0.1, 0.15) is 24.9 Å². The van der Waals surface area contributed by atoms with Crippen molar-refractivity contribution in [3.63, 3.8) is 0 Å². The molecule has 0 radical (unpaired) electrons. The summed E-state index contributed by atoms with van der Waals surface area (Å²) in [6, 6.07) is 24.4. The molecule has 2 aliphatic rings. The van der Waals surface area contributed by atoms with Crippen molar-refractivity contribution >= 4 is 99.5 Å². The zero-order valence-corrected chi connectivity index (χ0v) is 41.3. The third-order valence-corrected chi connectivity index (χ3v) is 12.0. The molecule has 0 spiro atoms. The maximum Gasteiger partial charge on any atom is 0.338 e. The van der Waals surface area contributed by atoms with Gasteiger partial charge in [0.25, 0.3) is 0 Å². The Kier molecular flexibility index (Phi) is 18.0. The van der Waals surface area contributed by atoms with Crippen molar-refractivity contribution in [1.82, 2.24) is 0 Å². The number of aliphatic hydroxyl groups excluding tert-OH is 1. The SMILES string of the molecule is CO[C@@H]1O[C@H](CO)[C@@H](O[C@@H]2O[C@H](COC(=O)c3ccc(Br)cc3)[C@@H](OC(=O)c3ccc(Br)cc3)[C@H](OC(=O)c3ccc(Br)cc3)[C@H]2OC(=O)c2ccc(Br)cc2)[C@H](OC(C)=O)[C@H]1OC(C)=O. The van der Waals surface area contributed by atoms with E-state index in [0.29, 0.717) is 17.9 Å². The van der Waals surface area contributed by atoms with Gasteiger partial charge in [-0.25, -0.2) is 19.2 Å². The van der Waals surface area contributed by atoms with Gasteiger partial charge in [-0.1, -0.05) is 63.7 Å². The van der Waals surface area contributed by atoms with Gasteiger partial charge in [-0.15, -0.1) is 0 Å². The fourth-order valence-electron chi connectivity index (χ4n) is 6.86. The Morgan fingerprint density at radius 1 is 0.470 bits per heavy atom. The Balaban J connectivity index is 1.50. The highest BCUT2D eigenvalue weighted by Gasteiger charge is 2.58. The first kappa shape index (κ1) is 50.8. The molecule has 66 heavy (non-hydrogen) atoms. The van der Waals surface area contributed by atoms with Crippen LogP contribution in [0.3, 0.4) is 0 Å². The third-order valence-electron chi connectivity index (χ3n) is 9.92. The molecule has 0 saturated carbocycles. The molecule has 4 aromatic rings. The summed E-state index contributed by atoms with van der Waals surface area (Å²) in [5.41, 5.74) is 0.196. The van der Waals surface area contributed by atoms with E-state index in [1.54, 1.807) is 48.5 Å². The summed E-state index contributed by atoms with van der Waals surface area (Å²) in [5, 5.41) is 10.7. The Hall–Kier alpha value is -4.58. The molecule has 350 valence electrons. The molecule has 0 bridgehead atoms. The van der Waals surface area contributed by atoms with Crippen LogP contribution in [0.4, 0.5) is 0 Å². The zero-order chi connectivity index (χ0) is 47.7. The molecule has 2 aliphatic heterocycles. The first-order chi connectivity index (χ1) is 31.5. The van der Waals surface area contributed by atoms with E-state index >= 15 is 0 Å². The van der Waals surface area contributed by atoms with Crippen LogP contribution in [0.25, 0.3) is 0 Å². The van der Waals surface area contributed by atoms with Crippen molar-refractivity contribution in [3.05, 3.63) is 137 Å². The highest BCUT2D eigenvalue weighted by molar-refractivity contribution is 9.11. The van der Waals surface area contributed by atoms with Gasteiger partial charge in [0.15, 0.2) is 43.1 Å². The van der Waals surface area contributed by atoms with Crippen molar-refractivity contribution in [2.24, 2.45) is 0 Å². The van der Waals surface area contributed by atoms with E-state index in [-0.39, 0.29) is 22.3 Å². The summed E-state index contributed by atoms with van der Waals surface area (Å²) in [6.07, 6.45) is -16.6. The van der Waals surface area contributed by atoms with Crippen molar-refractivity contribution in [2.75, 3.05) is 20.3 Å². The number of esters is 6. The summed E-state index contributed by atoms with van der Waals surface area (Å²) >= 11 is 13.4. The quantitative estimate of drug-likeness (QED) is 0.0946. The number of benzene rings is 4. The second-order valence-electron chi connectivity index (χ2n) is 14.5. The standard InChI is InChI=1S/C45H40Br4O17/c1-22(51)59-36-34(32(20-50)61-44(57-3)38(36)60-23(2)52)66-45-39(65-43(56)27-10-18-31(49)19-11-27)37(64-42(55)26-8-16-30(48)17-9-26)35(63-41(54)25-6-14-29(47)15-7-25)33(62-45)21-58-40(53)24-4-12-28(46)13-5-24/h4-19,32-39,44-45,50H,20-21H2,1-3H3/t32-,33-,34-,35-,36+,37+,38-,39-,44-,45+/m1/s1. The summed E-state index contributed by atoms with van der Waals surface area (Å²) in [7, 11) is 1.23. The van der Waals surface area contributed by atoms with Gasteiger partial charge in [0.2, 0.25) is 0 Å². The zero-order valence-electron chi connectivity index (χ0n) is 34.9. The van der Waals surface area contributed by atoms with Crippen molar-refractivity contribution in [1.29, 1.82) is 0 Å². The van der Waals surface area contributed by atoms with E-state index < -0.39 is 110 Å². The number of halogens is 4. The maximum absolute atomic E-state index is 14.2. The van der Waals surface area contributed by atoms with Crippen LogP contribution in [0.5, 0.6) is 0 Å². The summed E-state index contributed by atoms with van der Waals surface area (Å²) < 4.78 is 62.3. The average molecular weight is 1170 g/mol. The van der Waals surface area contributed by atoms with Gasteiger partial charge in [-0.2, -0.15) is 0 Å². The van der Waals surface area contributed by atoms with E-state index in [1.165, 1.54) is 55.6 Å². The first-order valence-corrected chi connectivity index (χ1v) is 23.0. The summed E-state index contributed by atoms with van der Waals surface area (Å²) in [4.78, 5) is 81.0. The van der Waals surface area contributed by atoms with Gasteiger partial charge in [0, 0.05) is 38.8 Å². The molecule has 10 atom stereocenters. The lowest BCUT2D eigenvalue weighted by molar-refractivity contribution is -0.356. The number of ether oxygens (including phenoxy) is 10. The highest BCUT2D eigenvalue weighted by Crippen LogP contribution is 2.36. The van der Waals surface area contributed by atoms with Crippen LogP contribution < -0.4 is 0 Å². The fourth-order valence-corrected chi connectivity index (χ4v) is 7.92. The van der Waals surface area contributed by atoms with Crippen molar-refractivity contribution in [2.45, 2.75) is 75.3 Å². The van der Waals surface area contributed by atoms with Crippen molar-refractivity contribution < 1.29 is 81.2 Å². The molecule has 2 heterocycles. The van der Waals surface area contributed by atoms with Gasteiger partial charge in [-0.3, -0.25) is 9.59 Å². The Labute approximate surface area is 411 Å². The Bertz CT molecular complexity index is 2350. The molecular formula is C45H40Br4O17. The lowest BCUT2D eigenvalue weighted by Gasteiger charge is -2.48. The van der Waals surface area contributed by atoms with Crippen LogP contribution in [0.1, 0.15) is 55.3 Å². The van der Waals surface area contributed by atoms with Crippen molar-refractivity contribution in [3.8, 4) is 0 Å². The van der Waals surface area contributed by atoms with E-state index in [0.717, 1.165) is 13.8 Å². The Morgan fingerprint density at radius 2 is 0.818 bits per heavy atom. The number of aliphatic hydroxyl groups is 1. The largest absolute Gasteiger partial charge is 0.459 e. The van der Waals surface area contributed by atoms with Crippen LogP contribution >= 0.6 is 63.7 Å². The minimum absolute atomic E-state index is 0.00813. The molecule has 1 N–H and O–H groups in total. The van der Waals surface area contributed by atoms with Gasteiger partial charge < -0.3 is 52.5 Å². The van der Waals surface area contributed by atoms with E-state index in [1.807, 2.05) is 0 Å². The maximum atomic E-state index is 14.2. The van der Waals surface area contributed by atoms with Crippen LogP contribution in [-0.4, -0.2) is 123 Å². The average Bonchev–Trinajstić information content (AvgIpc) is 3.29. The molecule has 6 rings (SSSR count). The molecule has 0 amide bonds. The first-order valence-electron chi connectivity index (χ1n) is 19.8. The molecule has 2 saturated heterocycles. The fraction of sp³-hybridized carbons (Fsp3) is 0.333. The molecular weight excluding hydrogens is 1130 g/mol. The number of rotatable bonds is 15. The molecule has 0 unspecified atom stereocenters. The second-order valence-corrected chi connectivity index (χ2v) is 18.2. The van der Waals surface area contributed by atoms with Crippen LogP contribution in [-0.2, 0) is 57.0 Å². The highest BCUT2D eigenvalue weighted by atomic mass is 79.9. The summed E-state index contributed by atoms with van der Waals surface area (Å²) in [5.74, 6) is -5.48. The van der Waals surface area contributed by atoms with Gasteiger partial charge >= 0.3 is 35.8 Å². The van der Waals surface area contributed by atoms with E-state index in [9.17, 15) is 33.9 Å². The molecule has 0 aromatic heterocycles. The van der Waals surface area contributed by atoms with Crippen LogP contribution in [0.2, 0.25) is 0 Å². The lowest BCUT2D eigenvalue weighted by Crippen LogP contribution is -2.67. The van der Waals surface area contributed by atoms with Crippen LogP contribution in [0, 0.1) is 0 Å². The third kappa shape index (κ3) is 13.1. The van der Waals surface area contributed by atoms with E-state index in [2.05, 4.69) is 63.7 Å². The lowest BCUT2D eigenvalue weighted by atomic mass is 9.95. The minimum atomic E-state index is -1.94. The second kappa shape index (κ2) is 23.4. The minimum Gasteiger partial charge on any atom is -0.459 e. The predicted molar refractivity (Wildman–Crippen MR) is 242 cm³/mol. The molecule has 21 heteroatoms. The number of hydrogen-bond donors (Lipinski definition) is 1. The van der Waals surface area contributed by atoms with Gasteiger partial charge in [0.05, 0.1) is 28.9 Å². The summed E-state index contributed by atoms with van der Waals surface area (Å²) in [6.45, 7) is 0.653. The number of hydrogen-bond acceptors (Lipinski definition) is 17. The van der Waals surface area contributed by atoms with E-state index in [4.69, 9.17) is 47.4 Å². The topological polar surface area (TPSA) is 215 Å². The number of methoxy groups -OCH3 is 1. The van der Waals surface area contributed by atoms with Crippen LogP contribution in [0.15, 0.2) is 115 Å². The molecule has 2 fully saturated rings. The molecule has 4 aromatic carbocycles. The molecule has 0 aliphatic carbocycles. The van der Waals surface area contributed by atoms with Gasteiger partial charge in [-0.05, 0) is 97.1 Å². The predicted octanol–water partition coefficient (Wildman–Crippen LogP) is 6.91. The Morgan fingerprint density at radius 3 is 1.23 bits per heavy atom. The number of carbonyl (C=O) groups excluding carboxylic acids is 6. The number of carbonyl (C=O) groups is 6. The molecule has 17 nitrogen and oxygen atoms in total. The monoisotopic (exact) mass is 1170 g/mol. The smallest absolute Gasteiger partial charge is 0.338 e.